The van der Waals surface area contributed by atoms with Gasteiger partial charge in [-0.15, -0.1) is 11.8 Å². The molecule has 0 spiro atoms. The summed E-state index contributed by atoms with van der Waals surface area (Å²) in [5.74, 6) is -0.819. The smallest absolute Gasteiger partial charge is 0.353 e. The first kappa shape index (κ1) is 9.26. The summed E-state index contributed by atoms with van der Waals surface area (Å²) in [5, 5.41) is 8.86. The van der Waals surface area contributed by atoms with Crippen molar-refractivity contribution in [2.45, 2.75) is 12.5 Å². The Bertz CT molecular complexity index is 362. The largest absolute Gasteiger partial charge is 0.477 e. The van der Waals surface area contributed by atoms with Gasteiger partial charge in [-0.3, -0.25) is 9.59 Å². The van der Waals surface area contributed by atoms with E-state index < -0.39 is 5.97 Å². The van der Waals surface area contributed by atoms with Gasteiger partial charge in [0.1, 0.15) is 5.70 Å². The number of hydrogen-bond donors (Lipinski definition) is 1. The van der Waals surface area contributed by atoms with Gasteiger partial charge < -0.3 is 10.0 Å². The van der Waals surface area contributed by atoms with Crippen molar-refractivity contribution in [2.24, 2.45) is 0 Å². The summed E-state index contributed by atoms with van der Waals surface area (Å²) >= 11 is 1.20. The normalized spacial score (nSPS) is 25.6. The molecule has 0 aromatic rings. The molecule has 1 saturated heterocycles. The molecule has 2 aliphatic rings. The van der Waals surface area contributed by atoms with E-state index in [1.807, 2.05) is 0 Å². The second-order valence-corrected chi connectivity index (χ2v) is 4.13. The van der Waals surface area contributed by atoms with Crippen molar-refractivity contribution >= 4 is 29.9 Å². The van der Waals surface area contributed by atoms with E-state index in [2.05, 4.69) is 0 Å². The Balaban J connectivity index is 2.42. The molecule has 0 aromatic heterocycles. The lowest BCUT2D eigenvalue weighted by molar-refractivity contribution is -0.148. The highest BCUT2D eigenvalue weighted by Crippen LogP contribution is 2.37. The van der Waals surface area contributed by atoms with Gasteiger partial charge in [-0.2, -0.15) is 0 Å². The fourth-order valence-corrected chi connectivity index (χ4v) is 2.62. The molecule has 2 heterocycles. The molecule has 1 N–H and O–H groups in total. The first-order valence-electron chi connectivity index (χ1n) is 4.02. The maximum absolute atomic E-state index is 11.1. The van der Waals surface area contributed by atoms with Gasteiger partial charge in [0.2, 0.25) is 5.91 Å². The third-order valence-corrected chi connectivity index (χ3v) is 3.41. The molecule has 1 amide bonds. The van der Waals surface area contributed by atoms with Crippen molar-refractivity contribution in [3.63, 3.8) is 0 Å². The van der Waals surface area contributed by atoms with Gasteiger partial charge in [0.25, 0.3) is 0 Å². The number of carboxylic acid groups (broad SMARTS) is 1. The lowest BCUT2D eigenvalue weighted by Crippen LogP contribution is -2.56. The molecular weight excluding hydrogens is 206 g/mol. The van der Waals surface area contributed by atoms with Crippen LogP contribution in [0.1, 0.15) is 6.42 Å². The Morgan fingerprint density at radius 1 is 1.64 bits per heavy atom. The molecule has 0 aromatic carbocycles. The van der Waals surface area contributed by atoms with Crippen LogP contribution in [0.2, 0.25) is 0 Å². The van der Waals surface area contributed by atoms with Crippen molar-refractivity contribution in [3.05, 3.63) is 10.6 Å². The molecule has 1 unspecified atom stereocenters. The number of carboxylic acids is 1. The highest BCUT2D eigenvalue weighted by atomic mass is 32.2. The van der Waals surface area contributed by atoms with Crippen molar-refractivity contribution < 1.29 is 19.5 Å². The monoisotopic (exact) mass is 213 g/mol. The SMILES string of the molecule is O=CC1=C(C(=O)O)N2C(=O)CC2CS1. The fourth-order valence-electron chi connectivity index (χ4n) is 1.59. The Morgan fingerprint density at radius 2 is 2.36 bits per heavy atom. The number of carbonyl (C=O) groups excluding carboxylic acids is 2. The second kappa shape index (κ2) is 3.13. The van der Waals surface area contributed by atoms with Crippen molar-refractivity contribution in [2.75, 3.05) is 5.75 Å². The topological polar surface area (TPSA) is 74.7 Å². The predicted molar refractivity (Wildman–Crippen MR) is 48.4 cm³/mol. The number of aldehydes is 1. The van der Waals surface area contributed by atoms with E-state index in [4.69, 9.17) is 5.11 Å². The number of rotatable bonds is 2. The summed E-state index contributed by atoms with van der Waals surface area (Å²) in [6.45, 7) is 0. The van der Waals surface area contributed by atoms with E-state index in [-0.39, 0.29) is 22.6 Å². The van der Waals surface area contributed by atoms with Gasteiger partial charge >= 0.3 is 5.97 Å². The van der Waals surface area contributed by atoms with Crippen molar-refractivity contribution in [1.82, 2.24) is 4.90 Å². The van der Waals surface area contributed by atoms with Gasteiger partial charge in [0.15, 0.2) is 6.29 Å². The van der Waals surface area contributed by atoms with Gasteiger partial charge in [-0.05, 0) is 0 Å². The summed E-state index contributed by atoms with van der Waals surface area (Å²) in [7, 11) is 0. The lowest BCUT2D eigenvalue weighted by Gasteiger charge is -2.43. The molecule has 0 radical (unpaired) electrons. The molecule has 74 valence electrons. The standard InChI is InChI=1S/C8H7NO4S/c10-2-5-7(8(12)13)9-4(3-14-5)1-6(9)11/h2,4H,1,3H2,(H,12,13). The number of allylic oxidation sites excluding steroid dienone is 1. The van der Waals surface area contributed by atoms with Crippen LogP contribution in [0, 0.1) is 0 Å². The second-order valence-electron chi connectivity index (χ2n) is 3.07. The molecule has 14 heavy (non-hydrogen) atoms. The Labute approximate surface area is 83.8 Å². The van der Waals surface area contributed by atoms with Crippen LogP contribution < -0.4 is 0 Å². The Hall–Kier alpha value is -1.30. The summed E-state index contributed by atoms with van der Waals surface area (Å²) in [4.78, 5) is 33.9. The van der Waals surface area contributed by atoms with Gasteiger partial charge in [0, 0.05) is 12.2 Å². The van der Waals surface area contributed by atoms with E-state index in [0.29, 0.717) is 18.5 Å². The van der Waals surface area contributed by atoms with Crippen LogP contribution in [-0.4, -0.2) is 40.0 Å². The predicted octanol–water partition coefficient (Wildman–Crippen LogP) is -0.171. The number of aliphatic carboxylic acids is 1. The Morgan fingerprint density at radius 3 is 2.86 bits per heavy atom. The molecule has 6 heteroatoms. The third kappa shape index (κ3) is 1.14. The summed E-state index contributed by atoms with van der Waals surface area (Å²) < 4.78 is 0. The molecule has 0 aliphatic carbocycles. The maximum Gasteiger partial charge on any atom is 0.353 e. The Kier molecular flexibility index (Phi) is 2.07. The molecule has 1 atom stereocenters. The van der Waals surface area contributed by atoms with Crippen LogP contribution >= 0.6 is 11.8 Å². The van der Waals surface area contributed by atoms with Crippen LogP contribution in [0.4, 0.5) is 0 Å². The first-order valence-corrected chi connectivity index (χ1v) is 5.01. The van der Waals surface area contributed by atoms with Crippen LogP contribution in [-0.2, 0) is 14.4 Å². The van der Waals surface area contributed by atoms with Crippen molar-refractivity contribution in [3.8, 4) is 0 Å². The highest BCUT2D eigenvalue weighted by molar-refractivity contribution is 8.04. The van der Waals surface area contributed by atoms with Crippen LogP contribution in [0.5, 0.6) is 0 Å². The zero-order valence-electron chi connectivity index (χ0n) is 7.10. The number of hydrogen-bond acceptors (Lipinski definition) is 4. The lowest BCUT2D eigenvalue weighted by atomic mass is 10.0. The van der Waals surface area contributed by atoms with E-state index in [1.165, 1.54) is 16.7 Å². The average Bonchev–Trinajstić information content (AvgIpc) is 2.15. The van der Waals surface area contributed by atoms with E-state index in [9.17, 15) is 14.4 Å². The third-order valence-electron chi connectivity index (χ3n) is 2.26. The number of nitrogens with zero attached hydrogens (tertiary/aromatic N) is 1. The molecule has 2 aliphatic heterocycles. The molecule has 2 rings (SSSR count). The molecule has 5 nitrogen and oxygen atoms in total. The number of β-lactam (4-membered cyclic amide) rings is 1. The number of carbonyl (C=O) groups is 3. The minimum absolute atomic E-state index is 0.0395. The van der Waals surface area contributed by atoms with Crippen LogP contribution in [0.3, 0.4) is 0 Å². The zero-order valence-corrected chi connectivity index (χ0v) is 7.91. The minimum atomic E-state index is -1.21. The van der Waals surface area contributed by atoms with Gasteiger partial charge in [-0.25, -0.2) is 4.79 Å². The number of thioether (sulfide) groups is 1. The van der Waals surface area contributed by atoms with E-state index in [0.717, 1.165) is 0 Å². The van der Waals surface area contributed by atoms with Gasteiger partial charge in [-0.1, -0.05) is 0 Å². The average molecular weight is 213 g/mol. The first-order chi connectivity index (χ1) is 6.65. The fraction of sp³-hybridized carbons (Fsp3) is 0.375. The summed E-state index contributed by atoms with van der Waals surface area (Å²) in [6, 6.07) is -0.0395. The summed E-state index contributed by atoms with van der Waals surface area (Å²) in [5.41, 5.74) is -0.155. The summed E-state index contributed by atoms with van der Waals surface area (Å²) in [6.07, 6.45) is 0.881. The highest BCUT2D eigenvalue weighted by Gasteiger charge is 2.44. The van der Waals surface area contributed by atoms with Crippen LogP contribution in [0.15, 0.2) is 10.6 Å². The van der Waals surface area contributed by atoms with Crippen molar-refractivity contribution in [1.29, 1.82) is 0 Å². The molecule has 1 fully saturated rings. The number of fused-ring (bicyclic) bond motifs is 1. The molecular formula is C8H7NO4S. The zero-order chi connectivity index (χ0) is 10.3. The molecule has 0 saturated carbocycles. The van der Waals surface area contributed by atoms with E-state index in [1.54, 1.807) is 0 Å². The number of amides is 1. The molecule has 0 bridgehead atoms. The van der Waals surface area contributed by atoms with E-state index >= 15 is 0 Å². The van der Waals surface area contributed by atoms with Gasteiger partial charge in [0.05, 0.1) is 10.9 Å². The van der Waals surface area contributed by atoms with Crippen LogP contribution in [0.25, 0.3) is 0 Å². The minimum Gasteiger partial charge on any atom is -0.477 e. The maximum atomic E-state index is 11.1. The quantitative estimate of drug-likeness (QED) is 0.509.